The van der Waals surface area contributed by atoms with Crippen molar-refractivity contribution in [1.82, 2.24) is 19.5 Å². The Labute approximate surface area is 202 Å². The summed E-state index contributed by atoms with van der Waals surface area (Å²) in [4.78, 5) is 13.4. The minimum absolute atomic E-state index is 0.117. The maximum atomic E-state index is 6.57. The molecule has 4 atom stereocenters. The standard InChI is InChI=1S/C26H28N6O3/c1-26(2)34-20-19(6-4-14-3-5-15-12-16-7-9-28-23(16)31-18(15)11-14)33-25(21(20)35-26)32-10-8-17-22(27)29-13-30-24(17)32/h3,5,8,10-13,19-21,25H,4,6-7,9H2,1-2H3,(H,28,31)(H2,27,29,30)/t19-,20-,21-,25-/m1/s1. The highest BCUT2D eigenvalue weighted by molar-refractivity contribution is 5.86. The van der Waals surface area contributed by atoms with Crippen LogP contribution in [0.5, 0.6) is 0 Å². The molecule has 2 saturated heterocycles. The first-order chi connectivity index (χ1) is 16.9. The monoisotopic (exact) mass is 472 g/mol. The Balaban J connectivity index is 1.15. The molecular weight excluding hydrogens is 444 g/mol. The molecule has 9 nitrogen and oxygen atoms in total. The van der Waals surface area contributed by atoms with Crippen LogP contribution in [0.25, 0.3) is 21.9 Å². The van der Waals surface area contributed by atoms with Crippen molar-refractivity contribution in [2.75, 3.05) is 17.6 Å². The van der Waals surface area contributed by atoms with Crippen LogP contribution in [0.3, 0.4) is 0 Å². The van der Waals surface area contributed by atoms with Crippen molar-refractivity contribution in [1.29, 1.82) is 0 Å². The molecule has 0 aliphatic carbocycles. The van der Waals surface area contributed by atoms with Crippen molar-refractivity contribution in [3.05, 3.63) is 54.0 Å². The lowest BCUT2D eigenvalue weighted by molar-refractivity contribution is -0.196. The van der Waals surface area contributed by atoms with Gasteiger partial charge in [-0.25, -0.2) is 15.0 Å². The van der Waals surface area contributed by atoms with Gasteiger partial charge < -0.3 is 29.8 Å². The number of aryl methyl sites for hydroxylation is 1. The highest BCUT2D eigenvalue weighted by atomic mass is 16.8. The van der Waals surface area contributed by atoms with E-state index in [1.54, 1.807) is 0 Å². The molecule has 3 N–H and O–H groups in total. The molecule has 180 valence electrons. The van der Waals surface area contributed by atoms with Gasteiger partial charge in [-0.1, -0.05) is 12.1 Å². The highest BCUT2D eigenvalue weighted by Gasteiger charge is 2.55. The second-order valence-corrected chi connectivity index (χ2v) is 10.1. The third-order valence-corrected chi connectivity index (χ3v) is 7.30. The molecule has 3 aromatic heterocycles. The summed E-state index contributed by atoms with van der Waals surface area (Å²) in [5, 5.41) is 5.36. The number of nitrogens with zero attached hydrogens (tertiary/aromatic N) is 4. The van der Waals surface area contributed by atoms with Crippen molar-refractivity contribution < 1.29 is 14.2 Å². The summed E-state index contributed by atoms with van der Waals surface area (Å²) in [6, 6.07) is 10.7. The summed E-state index contributed by atoms with van der Waals surface area (Å²) < 4.78 is 21.2. The number of hydrogen-bond acceptors (Lipinski definition) is 8. The second-order valence-electron chi connectivity index (χ2n) is 10.1. The number of rotatable bonds is 4. The Hall–Kier alpha value is -3.27. The van der Waals surface area contributed by atoms with Crippen molar-refractivity contribution >= 4 is 33.6 Å². The van der Waals surface area contributed by atoms with E-state index in [-0.39, 0.29) is 24.5 Å². The fourth-order valence-electron chi connectivity index (χ4n) is 5.69. The predicted octanol–water partition coefficient (Wildman–Crippen LogP) is 3.58. The molecule has 0 radical (unpaired) electrons. The number of hydrogen-bond donors (Lipinski definition) is 2. The van der Waals surface area contributed by atoms with Gasteiger partial charge in [-0.05, 0) is 62.4 Å². The van der Waals surface area contributed by atoms with Crippen LogP contribution < -0.4 is 11.1 Å². The minimum Gasteiger partial charge on any atom is -0.383 e. The molecule has 9 heteroatoms. The van der Waals surface area contributed by atoms with Crippen LogP contribution in [0.4, 0.5) is 11.6 Å². The molecule has 2 fully saturated rings. The van der Waals surface area contributed by atoms with Crippen LogP contribution in [0.1, 0.15) is 37.6 Å². The van der Waals surface area contributed by atoms with Crippen LogP contribution in [0, 0.1) is 0 Å². The molecule has 3 aliphatic rings. The lowest BCUT2D eigenvalue weighted by Gasteiger charge is -2.25. The maximum absolute atomic E-state index is 6.57. The van der Waals surface area contributed by atoms with Crippen LogP contribution in [-0.2, 0) is 27.1 Å². The van der Waals surface area contributed by atoms with E-state index in [2.05, 4.69) is 39.6 Å². The summed E-state index contributed by atoms with van der Waals surface area (Å²) in [6.45, 7) is 4.87. The van der Waals surface area contributed by atoms with E-state index in [9.17, 15) is 0 Å². The summed E-state index contributed by atoms with van der Waals surface area (Å²) >= 11 is 0. The fraction of sp³-hybridized carbons (Fsp3) is 0.423. The molecule has 0 saturated carbocycles. The van der Waals surface area contributed by atoms with Gasteiger partial charge >= 0.3 is 0 Å². The Kier molecular flexibility index (Phi) is 4.58. The number of aromatic nitrogens is 4. The zero-order valence-corrected chi connectivity index (χ0v) is 19.8. The number of nitrogens with one attached hydrogen (secondary N) is 1. The van der Waals surface area contributed by atoms with E-state index < -0.39 is 5.79 Å². The number of pyridine rings is 1. The van der Waals surface area contributed by atoms with Gasteiger partial charge in [0.1, 0.15) is 35.8 Å². The Morgan fingerprint density at radius 2 is 2.03 bits per heavy atom. The van der Waals surface area contributed by atoms with Crippen LogP contribution >= 0.6 is 0 Å². The largest absolute Gasteiger partial charge is 0.383 e. The number of nitrogens with two attached hydrogens (primary N) is 1. The SMILES string of the molecule is CC1(C)O[C@@H]2[C@H](O1)[C@@H](CCc1ccc3cc4c(nc3c1)NCC4)O[C@H]2n1ccc2c(N)ncnc21. The van der Waals surface area contributed by atoms with Gasteiger partial charge in [0.15, 0.2) is 12.0 Å². The quantitative estimate of drug-likeness (QED) is 0.464. The van der Waals surface area contributed by atoms with Gasteiger partial charge in [0.2, 0.25) is 0 Å². The highest BCUT2D eigenvalue weighted by Crippen LogP contribution is 2.45. The molecule has 0 unspecified atom stereocenters. The Morgan fingerprint density at radius 1 is 1.14 bits per heavy atom. The average molecular weight is 473 g/mol. The number of benzene rings is 1. The zero-order chi connectivity index (χ0) is 23.7. The van der Waals surface area contributed by atoms with E-state index in [4.69, 9.17) is 24.9 Å². The topological polar surface area (TPSA) is 109 Å². The van der Waals surface area contributed by atoms with Gasteiger partial charge in [0.25, 0.3) is 0 Å². The van der Waals surface area contributed by atoms with Gasteiger partial charge in [-0.3, -0.25) is 0 Å². The zero-order valence-electron chi connectivity index (χ0n) is 19.8. The lowest BCUT2D eigenvalue weighted by atomic mass is 10.0. The number of fused-ring (bicyclic) bond motifs is 4. The third kappa shape index (κ3) is 3.45. The molecule has 0 bridgehead atoms. The predicted molar refractivity (Wildman–Crippen MR) is 132 cm³/mol. The minimum atomic E-state index is -0.674. The Morgan fingerprint density at radius 3 is 2.94 bits per heavy atom. The first-order valence-electron chi connectivity index (χ1n) is 12.2. The molecule has 0 amide bonds. The van der Waals surface area contributed by atoms with E-state index >= 15 is 0 Å². The van der Waals surface area contributed by atoms with Gasteiger partial charge in [0, 0.05) is 18.1 Å². The van der Waals surface area contributed by atoms with E-state index in [0.29, 0.717) is 5.82 Å². The van der Waals surface area contributed by atoms with Crippen molar-refractivity contribution in [3.63, 3.8) is 0 Å². The van der Waals surface area contributed by atoms with Crippen molar-refractivity contribution in [3.8, 4) is 0 Å². The average Bonchev–Trinajstić information content (AvgIpc) is 3.59. The molecule has 35 heavy (non-hydrogen) atoms. The molecule has 4 aromatic rings. The first-order valence-corrected chi connectivity index (χ1v) is 12.2. The lowest BCUT2D eigenvalue weighted by Crippen LogP contribution is -2.29. The number of anilines is 2. The molecule has 0 spiro atoms. The number of ether oxygens (including phenoxy) is 3. The maximum Gasteiger partial charge on any atom is 0.164 e. The van der Waals surface area contributed by atoms with E-state index in [0.717, 1.165) is 48.2 Å². The van der Waals surface area contributed by atoms with Gasteiger partial charge in [-0.15, -0.1) is 0 Å². The first kappa shape index (κ1) is 21.0. The molecule has 7 rings (SSSR count). The summed E-state index contributed by atoms with van der Waals surface area (Å²) in [7, 11) is 0. The van der Waals surface area contributed by atoms with E-state index in [1.165, 1.54) is 22.8 Å². The summed E-state index contributed by atoms with van der Waals surface area (Å²) in [5.41, 5.74) is 10.3. The summed E-state index contributed by atoms with van der Waals surface area (Å²) in [5.74, 6) is 0.795. The van der Waals surface area contributed by atoms with Crippen molar-refractivity contribution in [2.45, 2.75) is 63.4 Å². The van der Waals surface area contributed by atoms with Crippen molar-refractivity contribution in [2.24, 2.45) is 0 Å². The molecule has 3 aliphatic heterocycles. The van der Waals surface area contributed by atoms with Gasteiger partial charge in [0.05, 0.1) is 17.0 Å². The van der Waals surface area contributed by atoms with Crippen LogP contribution in [0.15, 0.2) is 42.9 Å². The normalized spacial score (nSPS) is 26.8. The van der Waals surface area contributed by atoms with Gasteiger partial charge in [-0.2, -0.15) is 0 Å². The second kappa shape index (κ2) is 7.61. The number of nitrogen functional groups attached to an aromatic ring is 1. The smallest absolute Gasteiger partial charge is 0.164 e. The Bertz CT molecular complexity index is 1450. The van der Waals surface area contributed by atoms with Crippen LogP contribution in [-0.4, -0.2) is 50.2 Å². The molecule has 1 aromatic carbocycles. The molecular formula is C26H28N6O3. The molecule has 6 heterocycles. The summed E-state index contributed by atoms with van der Waals surface area (Å²) in [6.07, 6.45) is 5.24. The van der Waals surface area contributed by atoms with Crippen LogP contribution in [0.2, 0.25) is 0 Å². The third-order valence-electron chi connectivity index (χ3n) is 7.30. The van der Waals surface area contributed by atoms with E-state index in [1.807, 2.05) is 30.7 Å². The fourth-order valence-corrected chi connectivity index (χ4v) is 5.69.